The number of fused-ring (bicyclic) bond motifs is 1. The van der Waals surface area contributed by atoms with E-state index in [1.54, 1.807) is 24.0 Å². The maximum atomic E-state index is 14.0. The monoisotopic (exact) mass is 438 g/mol. The molecule has 7 nitrogen and oxygen atoms in total. The van der Waals surface area contributed by atoms with Crippen LogP contribution >= 0.6 is 0 Å². The zero-order valence-corrected chi connectivity index (χ0v) is 18.3. The van der Waals surface area contributed by atoms with Crippen molar-refractivity contribution in [1.82, 2.24) is 10.2 Å². The third-order valence-electron chi connectivity index (χ3n) is 6.26. The predicted octanol–water partition coefficient (Wildman–Crippen LogP) is 3.08. The molecule has 3 aliphatic rings. The van der Waals surface area contributed by atoms with Crippen LogP contribution in [0.5, 0.6) is 0 Å². The molecule has 1 atom stereocenters. The lowest BCUT2D eigenvalue weighted by atomic mass is 9.89. The molecule has 1 aromatic carbocycles. The van der Waals surface area contributed by atoms with Gasteiger partial charge in [0.15, 0.2) is 0 Å². The summed E-state index contributed by atoms with van der Waals surface area (Å²) in [4.78, 5) is 46.4. The molecule has 1 fully saturated rings. The lowest BCUT2D eigenvalue weighted by Gasteiger charge is -2.46. The van der Waals surface area contributed by atoms with Gasteiger partial charge in [-0.1, -0.05) is 18.9 Å². The summed E-state index contributed by atoms with van der Waals surface area (Å²) in [5.41, 5.74) is -0.115. The van der Waals surface area contributed by atoms with Crippen LogP contribution in [0.1, 0.15) is 46.0 Å². The lowest BCUT2D eigenvalue weighted by molar-refractivity contribution is -0.133. The lowest BCUT2D eigenvalue weighted by Crippen LogP contribution is -2.63. The minimum absolute atomic E-state index is 0.107. The van der Waals surface area contributed by atoms with E-state index in [1.807, 2.05) is 13.0 Å². The second kappa shape index (κ2) is 8.68. The van der Waals surface area contributed by atoms with Crippen molar-refractivity contribution < 1.29 is 18.8 Å². The number of allylic oxidation sites excluding steroid dienone is 3. The smallest absolute Gasteiger partial charge is 0.254 e. The van der Waals surface area contributed by atoms with E-state index in [0.717, 1.165) is 31.4 Å². The molecular formula is C24H27FN4O3. The van der Waals surface area contributed by atoms with Crippen molar-refractivity contribution in [1.29, 1.82) is 0 Å². The zero-order chi connectivity index (χ0) is 22.9. The maximum absolute atomic E-state index is 14.0. The van der Waals surface area contributed by atoms with Crippen LogP contribution in [0.2, 0.25) is 0 Å². The number of nitrogens with zero attached hydrogens (tertiary/aromatic N) is 3. The normalized spacial score (nSPS) is 22.8. The second-order valence-corrected chi connectivity index (χ2v) is 8.73. The van der Waals surface area contributed by atoms with Crippen molar-refractivity contribution in [3.63, 3.8) is 0 Å². The van der Waals surface area contributed by atoms with Crippen molar-refractivity contribution in [3.8, 4) is 0 Å². The van der Waals surface area contributed by atoms with Crippen LogP contribution in [0, 0.1) is 5.82 Å². The molecule has 0 spiro atoms. The van der Waals surface area contributed by atoms with E-state index >= 15 is 0 Å². The summed E-state index contributed by atoms with van der Waals surface area (Å²) < 4.78 is 13.6. The first-order valence-electron chi connectivity index (χ1n) is 10.9. The quantitative estimate of drug-likeness (QED) is 0.766. The first-order valence-corrected chi connectivity index (χ1v) is 10.9. The Kier molecular flexibility index (Phi) is 5.95. The Balaban J connectivity index is 1.67. The van der Waals surface area contributed by atoms with Gasteiger partial charge in [-0.3, -0.25) is 14.4 Å². The minimum Gasteiger partial charge on any atom is -0.352 e. The summed E-state index contributed by atoms with van der Waals surface area (Å²) >= 11 is 0. The summed E-state index contributed by atoms with van der Waals surface area (Å²) in [6.45, 7) is 3.31. The number of benzene rings is 1. The molecule has 8 heteroatoms. The van der Waals surface area contributed by atoms with Crippen molar-refractivity contribution >= 4 is 29.2 Å². The molecule has 1 aliphatic carbocycles. The van der Waals surface area contributed by atoms with Gasteiger partial charge in [-0.25, -0.2) is 4.39 Å². The van der Waals surface area contributed by atoms with Gasteiger partial charge in [0.1, 0.15) is 23.7 Å². The van der Waals surface area contributed by atoms with Crippen LogP contribution in [0.3, 0.4) is 0 Å². The van der Waals surface area contributed by atoms with Crippen LogP contribution in [0.15, 0.2) is 53.2 Å². The SMILES string of the molecule is CC1=CC=CC2=NC(=O)CC(C)(C(=O)N(CC(=O)NC3CCCC3)c3ccc(F)cc3)N12. The second-order valence-electron chi connectivity index (χ2n) is 8.73. The van der Waals surface area contributed by atoms with Gasteiger partial charge in [0.25, 0.3) is 11.8 Å². The molecule has 0 aromatic heterocycles. The van der Waals surface area contributed by atoms with E-state index in [2.05, 4.69) is 10.3 Å². The predicted molar refractivity (Wildman–Crippen MR) is 119 cm³/mol. The molecular weight excluding hydrogens is 411 g/mol. The molecule has 0 bridgehead atoms. The molecule has 1 N–H and O–H groups in total. The molecule has 32 heavy (non-hydrogen) atoms. The largest absolute Gasteiger partial charge is 0.352 e. The van der Waals surface area contributed by atoms with Gasteiger partial charge in [-0.05, 0) is 63.1 Å². The summed E-state index contributed by atoms with van der Waals surface area (Å²) in [5.74, 6) is -1.15. The van der Waals surface area contributed by atoms with Crippen LogP contribution < -0.4 is 10.2 Å². The van der Waals surface area contributed by atoms with Crippen molar-refractivity contribution in [2.75, 3.05) is 11.4 Å². The topological polar surface area (TPSA) is 82.1 Å². The highest BCUT2D eigenvalue weighted by atomic mass is 19.1. The number of nitrogens with one attached hydrogen (secondary N) is 1. The summed E-state index contributed by atoms with van der Waals surface area (Å²) in [6, 6.07) is 5.55. The zero-order valence-electron chi connectivity index (χ0n) is 18.3. The van der Waals surface area contributed by atoms with Gasteiger partial charge in [0.05, 0.1) is 6.42 Å². The third kappa shape index (κ3) is 4.22. The van der Waals surface area contributed by atoms with Crippen LogP contribution in [0.4, 0.5) is 10.1 Å². The van der Waals surface area contributed by atoms with Gasteiger partial charge in [-0.2, -0.15) is 4.99 Å². The third-order valence-corrected chi connectivity index (χ3v) is 6.26. The van der Waals surface area contributed by atoms with E-state index in [4.69, 9.17) is 0 Å². The number of anilines is 1. The Morgan fingerprint density at radius 1 is 1.25 bits per heavy atom. The number of rotatable bonds is 5. The molecule has 2 heterocycles. The van der Waals surface area contributed by atoms with Crippen LogP contribution in [-0.2, 0) is 14.4 Å². The first kappa shape index (κ1) is 21.9. The fourth-order valence-electron chi connectivity index (χ4n) is 4.72. The molecule has 168 valence electrons. The molecule has 2 aliphatic heterocycles. The molecule has 0 saturated heterocycles. The molecule has 1 aromatic rings. The minimum atomic E-state index is -1.28. The number of carbonyl (C=O) groups excluding carboxylic acids is 3. The highest BCUT2D eigenvalue weighted by Gasteiger charge is 2.49. The van der Waals surface area contributed by atoms with E-state index in [0.29, 0.717) is 11.5 Å². The fraction of sp³-hybridized carbons (Fsp3) is 0.417. The number of halogens is 1. The Morgan fingerprint density at radius 3 is 2.62 bits per heavy atom. The van der Waals surface area contributed by atoms with Gasteiger partial charge in [0, 0.05) is 17.4 Å². The van der Waals surface area contributed by atoms with Gasteiger partial charge < -0.3 is 15.1 Å². The number of aliphatic imine (C=N–C) groups is 1. The first-order chi connectivity index (χ1) is 15.3. The average molecular weight is 439 g/mol. The molecule has 0 radical (unpaired) electrons. The van der Waals surface area contributed by atoms with Gasteiger partial charge >= 0.3 is 0 Å². The Morgan fingerprint density at radius 2 is 1.94 bits per heavy atom. The van der Waals surface area contributed by atoms with Crippen molar-refractivity contribution in [2.24, 2.45) is 4.99 Å². The van der Waals surface area contributed by atoms with Gasteiger partial charge in [-0.15, -0.1) is 0 Å². The summed E-state index contributed by atoms with van der Waals surface area (Å²) in [6.07, 6.45) is 9.17. The number of carbonyl (C=O) groups is 3. The fourth-order valence-corrected chi connectivity index (χ4v) is 4.72. The molecule has 1 saturated carbocycles. The van der Waals surface area contributed by atoms with Crippen LogP contribution in [-0.4, -0.2) is 46.6 Å². The number of amidine groups is 1. The standard InChI is InChI=1S/C24H27FN4O3/c1-16-6-5-9-20-27-21(30)14-24(2,29(16)20)23(32)28(19-12-10-17(25)11-13-19)15-22(31)26-18-7-3-4-8-18/h5-6,9-13,18H,3-4,7-8,14-15H2,1-2H3,(H,26,31). The highest BCUT2D eigenvalue weighted by molar-refractivity contribution is 6.13. The highest BCUT2D eigenvalue weighted by Crippen LogP contribution is 2.34. The van der Waals surface area contributed by atoms with E-state index in [1.165, 1.54) is 29.2 Å². The Hall–Kier alpha value is -3.29. The van der Waals surface area contributed by atoms with E-state index < -0.39 is 23.2 Å². The maximum Gasteiger partial charge on any atom is 0.254 e. The average Bonchev–Trinajstić information content (AvgIpc) is 3.25. The van der Waals surface area contributed by atoms with Gasteiger partial charge in [0.2, 0.25) is 5.91 Å². The van der Waals surface area contributed by atoms with Crippen molar-refractivity contribution in [2.45, 2.75) is 57.5 Å². The summed E-state index contributed by atoms with van der Waals surface area (Å²) in [7, 11) is 0. The molecule has 1 unspecified atom stereocenters. The Bertz CT molecular complexity index is 1020. The van der Waals surface area contributed by atoms with Crippen molar-refractivity contribution in [3.05, 3.63) is 54.0 Å². The number of hydrogen-bond acceptors (Lipinski definition) is 4. The summed E-state index contributed by atoms with van der Waals surface area (Å²) in [5, 5.41) is 3.00. The van der Waals surface area contributed by atoms with E-state index in [9.17, 15) is 18.8 Å². The molecule has 3 amide bonds. The van der Waals surface area contributed by atoms with Crippen LogP contribution in [0.25, 0.3) is 0 Å². The number of hydrogen-bond donors (Lipinski definition) is 1. The number of amides is 3. The Labute approximate surface area is 186 Å². The van der Waals surface area contributed by atoms with E-state index in [-0.39, 0.29) is 24.9 Å². The molecule has 4 rings (SSSR count).